The number of aromatic nitrogens is 2. The predicted molar refractivity (Wildman–Crippen MR) is 53.5 cm³/mol. The largest absolute Gasteiger partial charge is 0.348 e. The van der Waals surface area contributed by atoms with E-state index < -0.39 is 0 Å². The van der Waals surface area contributed by atoms with Gasteiger partial charge < -0.3 is 4.98 Å². The molecule has 0 aliphatic heterocycles. The first-order valence-electron chi connectivity index (χ1n) is 3.34. The summed E-state index contributed by atoms with van der Waals surface area (Å²) in [5.41, 5.74) is 2.31. The molecule has 2 aromatic rings. The molecule has 0 saturated heterocycles. The number of hydrogen-bond acceptors (Lipinski definition) is 2. The summed E-state index contributed by atoms with van der Waals surface area (Å²) >= 11 is 2.16. The Morgan fingerprint density at radius 1 is 1.58 bits per heavy atom. The highest BCUT2D eigenvalue weighted by Crippen LogP contribution is 2.17. The SMILES string of the molecule is N#Cc1ccnc2cc(I)[nH]c12. The molecule has 0 fully saturated rings. The molecule has 0 aliphatic rings. The van der Waals surface area contributed by atoms with Crippen LogP contribution in [0.4, 0.5) is 0 Å². The van der Waals surface area contributed by atoms with Crippen LogP contribution in [-0.2, 0) is 0 Å². The number of H-pyrrole nitrogens is 1. The maximum absolute atomic E-state index is 8.74. The van der Waals surface area contributed by atoms with Crippen LogP contribution >= 0.6 is 22.6 Å². The monoisotopic (exact) mass is 269 g/mol. The average molecular weight is 269 g/mol. The van der Waals surface area contributed by atoms with Crippen molar-refractivity contribution in [3.63, 3.8) is 0 Å². The second-order valence-corrected chi connectivity index (χ2v) is 3.51. The number of rotatable bonds is 0. The first-order valence-corrected chi connectivity index (χ1v) is 4.42. The van der Waals surface area contributed by atoms with Gasteiger partial charge in [-0.3, -0.25) is 4.98 Å². The number of aromatic amines is 1. The van der Waals surface area contributed by atoms with Crippen LogP contribution < -0.4 is 0 Å². The molecule has 4 heteroatoms. The fourth-order valence-corrected chi connectivity index (χ4v) is 1.65. The van der Waals surface area contributed by atoms with Gasteiger partial charge in [-0.2, -0.15) is 5.26 Å². The number of halogens is 1. The van der Waals surface area contributed by atoms with Crippen molar-refractivity contribution >= 4 is 33.6 Å². The zero-order valence-corrected chi connectivity index (χ0v) is 8.16. The van der Waals surface area contributed by atoms with Crippen LogP contribution in [0.5, 0.6) is 0 Å². The second-order valence-electron chi connectivity index (χ2n) is 2.35. The fraction of sp³-hybridized carbons (Fsp3) is 0. The van der Waals surface area contributed by atoms with Crippen molar-refractivity contribution in [1.82, 2.24) is 9.97 Å². The quantitative estimate of drug-likeness (QED) is 0.744. The van der Waals surface area contributed by atoms with Gasteiger partial charge in [0.25, 0.3) is 0 Å². The van der Waals surface area contributed by atoms with Crippen molar-refractivity contribution < 1.29 is 0 Å². The maximum atomic E-state index is 8.74. The Labute approximate surface area is 82.6 Å². The van der Waals surface area contributed by atoms with Crippen molar-refractivity contribution in [3.8, 4) is 6.07 Å². The van der Waals surface area contributed by atoms with Crippen molar-refractivity contribution in [2.45, 2.75) is 0 Å². The molecule has 2 aromatic heterocycles. The van der Waals surface area contributed by atoms with E-state index in [0.717, 1.165) is 14.7 Å². The molecule has 0 amide bonds. The van der Waals surface area contributed by atoms with Crippen LogP contribution in [0.2, 0.25) is 0 Å². The van der Waals surface area contributed by atoms with E-state index in [2.05, 4.69) is 38.6 Å². The zero-order valence-electron chi connectivity index (χ0n) is 6.00. The molecule has 0 spiro atoms. The number of fused-ring (bicyclic) bond motifs is 1. The molecule has 58 valence electrons. The molecule has 0 aromatic carbocycles. The van der Waals surface area contributed by atoms with Gasteiger partial charge in [0.05, 0.1) is 20.3 Å². The van der Waals surface area contributed by atoms with Gasteiger partial charge in [0.1, 0.15) is 6.07 Å². The number of nitriles is 1. The molecular formula is C8H4IN3. The summed E-state index contributed by atoms with van der Waals surface area (Å²) in [5, 5.41) is 8.74. The minimum Gasteiger partial charge on any atom is -0.348 e. The second kappa shape index (κ2) is 2.75. The lowest BCUT2D eigenvalue weighted by Crippen LogP contribution is -1.79. The highest BCUT2D eigenvalue weighted by atomic mass is 127. The van der Waals surface area contributed by atoms with Crippen molar-refractivity contribution in [1.29, 1.82) is 5.26 Å². The molecule has 0 saturated carbocycles. The maximum Gasteiger partial charge on any atom is 0.101 e. The van der Waals surface area contributed by atoms with Crippen LogP contribution in [0.15, 0.2) is 18.3 Å². The summed E-state index contributed by atoms with van der Waals surface area (Å²) < 4.78 is 0.998. The minimum atomic E-state index is 0.642. The highest BCUT2D eigenvalue weighted by Gasteiger charge is 2.03. The average Bonchev–Trinajstić information content (AvgIpc) is 2.44. The van der Waals surface area contributed by atoms with E-state index in [-0.39, 0.29) is 0 Å². The Hall–Kier alpha value is -1.09. The van der Waals surface area contributed by atoms with E-state index in [1.807, 2.05) is 6.07 Å². The molecular weight excluding hydrogens is 265 g/mol. The lowest BCUT2D eigenvalue weighted by Gasteiger charge is -1.89. The molecule has 1 N–H and O–H groups in total. The predicted octanol–water partition coefficient (Wildman–Crippen LogP) is 2.04. The smallest absolute Gasteiger partial charge is 0.101 e. The molecule has 3 nitrogen and oxygen atoms in total. The van der Waals surface area contributed by atoms with Gasteiger partial charge in [-0.25, -0.2) is 0 Å². The molecule has 12 heavy (non-hydrogen) atoms. The van der Waals surface area contributed by atoms with Crippen molar-refractivity contribution in [2.24, 2.45) is 0 Å². The highest BCUT2D eigenvalue weighted by molar-refractivity contribution is 14.1. The lowest BCUT2D eigenvalue weighted by atomic mass is 10.2. The van der Waals surface area contributed by atoms with Crippen molar-refractivity contribution in [3.05, 3.63) is 27.6 Å². The Morgan fingerprint density at radius 3 is 3.17 bits per heavy atom. The number of hydrogen-bond donors (Lipinski definition) is 1. The van der Waals surface area contributed by atoms with Gasteiger partial charge in [-0.05, 0) is 34.7 Å². The molecule has 0 aliphatic carbocycles. The third-order valence-corrected chi connectivity index (χ3v) is 2.19. The number of nitrogens with zero attached hydrogens (tertiary/aromatic N) is 2. The summed E-state index contributed by atoms with van der Waals surface area (Å²) in [6.07, 6.45) is 1.64. The Kier molecular flexibility index (Phi) is 1.73. The Balaban J connectivity index is 2.89. The van der Waals surface area contributed by atoms with Gasteiger partial charge in [0.15, 0.2) is 0 Å². The molecule has 0 bridgehead atoms. The summed E-state index contributed by atoms with van der Waals surface area (Å²) in [4.78, 5) is 7.20. The van der Waals surface area contributed by atoms with Crippen LogP contribution in [0, 0.1) is 15.0 Å². The van der Waals surface area contributed by atoms with Gasteiger partial charge in [-0.1, -0.05) is 0 Å². The van der Waals surface area contributed by atoms with Gasteiger partial charge in [0, 0.05) is 6.20 Å². The van der Waals surface area contributed by atoms with Crippen LogP contribution in [0.1, 0.15) is 5.56 Å². The van der Waals surface area contributed by atoms with E-state index in [0.29, 0.717) is 5.56 Å². The van der Waals surface area contributed by atoms with E-state index in [1.165, 1.54) is 0 Å². The van der Waals surface area contributed by atoms with E-state index in [4.69, 9.17) is 5.26 Å². The summed E-state index contributed by atoms with van der Waals surface area (Å²) in [7, 11) is 0. The normalized spacial score (nSPS) is 10.0. The summed E-state index contributed by atoms with van der Waals surface area (Å²) in [5.74, 6) is 0. The molecule has 2 rings (SSSR count). The first-order chi connectivity index (χ1) is 5.81. The van der Waals surface area contributed by atoms with E-state index in [1.54, 1.807) is 12.3 Å². The standard InChI is InChI=1S/C8H4IN3/c9-7-3-6-8(12-7)5(4-10)1-2-11-6/h1-3,12H. The lowest BCUT2D eigenvalue weighted by molar-refractivity contribution is 1.36. The topological polar surface area (TPSA) is 52.5 Å². The molecule has 0 unspecified atom stereocenters. The molecule has 2 heterocycles. The zero-order chi connectivity index (χ0) is 8.55. The van der Waals surface area contributed by atoms with E-state index in [9.17, 15) is 0 Å². The van der Waals surface area contributed by atoms with Crippen LogP contribution in [-0.4, -0.2) is 9.97 Å². The fourth-order valence-electron chi connectivity index (χ4n) is 1.09. The van der Waals surface area contributed by atoms with Crippen LogP contribution in [0.25, 0.3) is 11.0 Å². The summed E-state index contributed by atoms with van der Waals surface area (Å²) in [6, 6.07) is 5.73. The van der Waals surface area contributed by atoms with Crippen LogP contribution in [0.3, 0.4) is 0 Å². The summed E-state index contributed by atoms with van der Waals surface area (Å²) in [6.45, 7) is 0. The molecule has 0 radical (unpaired) electrons. The third-order valence-electron chi connectivity index (χ3n) is 1.61. The third kappa shape index (κ3) is 1.06. The Bertz CT molecular complexity index is 467. The van der Waals surface area contributed by atoms with Gasteiger partial charge in [0.2, 0.25) is 0 Å². The van der Waals surface area contributed by atoms with E-state index >= 15 is 0 Å². The first kappa shape index (κ1) is 7.55. The number of nitrogens with one attached hydrogen (secondary N) is 1. The van der Waals surface area contributed by atoms with Crippen molar-refractivity contribution in [2.75, 3.05) is 0 Å². The minimum absolute atomic E-state index is 0.642. The van der Waals surface area contributed by atoms with Gasteiger partial charge in [-0.15, -0.1) is 0 Å². The number of pyridine rings is 1. The Morgan fingerprint density at radius 2 is 2.42 bits per heavy atom. The molecule has 0 atom stereocenters. The van der Waals surface area contributed by atoms with Gasteiger partial charge >= 0.3 is 0 Å².